The van der Waals surface area contributed by atoms with Gasteiger partial charge in [-0.3, -0.25) is 4.79 Å². The molecule has 1 aromatic carbocycles. The maximum atomic E-state index is 14.0. The largest absolute Gasteiger partial charge is 0.344 e. The van der Waals surface area contributed by atoms with Gasteiger partial charge in [-0.25, -0.2) is 17.2 Å². The van der Waals surface area contributed by atoms with Crippen molar-refractivity contribution in [2.45, 2.75) is 63.3 Å². The number of carbonyl (C=O) groups excluding carboxylic acids is 1. The van der Waals surface area contributed by atoms with E-state index in [-0.39, 0.29) is 37.3 Å². The van der Waals surface area contributed by atoms with Crippen LogP contribution in [-0.4, -0.2) is 41.9 Å². The molecule has 1 aromatic heterocycles. The van der Waals surface area contributed by atoms with Gasteiger partial charge < -0.3 is 9.84 Å². The normalized spacial score (nSPS) is 16.8. The molecule has 0 spiro atoms. The van der Waals surface area contributed by atoms with Crippen molar-refractivity contribution in [2.75, 3.05) is 13.1 Å². The predicted octanol–water partition coefficient (Wildman–Crippen LogP) is 3.10. The zero-order valence-electron chi connectivity index (χ0n) is 18.8. The molecule has 3 rings (SSSR count). The second-order valence-electron chi connectivity index (χ2n) is 9.54. The van der Waals surface area contributed by atoms with Gasteiger partial charge in [0.05, 0.1) is 5.54 Å². The Labute approximate surface area is 186 Å². The predicted molar refractivity (Wildman–Crippen MR) is 112 cm³/mol. The number of benzene rings is 1. The summed E-state index contributed by atoms with van der Waals surface area (Å²) in [5.41, 5.74) is -1.22. The van der Waals surface area contributed by atoms with Crippen molar-refractivity contribution in [1.29, 1.82) is 0 Å². The van der Waals surface area contributed by atoms with Gasteiger partial charge in [-0.15, -0.1) is 0 Å². The number of aromatic nitrogens is 2. The SMILES string of the molecule is CC(C)(C)c1nc(C(C)(C)NC(=O)C2CCN(S(=O)(=O)c3cc(F)ccc3F)CC2)no1. The fourth-order valence-electron chi connectivity index (χ4n) is 3.42. The summed E-state index contributed by atoms with van der Waals surface area (Å²) in [5, 5.41) is 6.90. The van der Waals surface area contributed by atoms with E-state index in [0.717, 1.165) is 16.4 Å². The first-order valence-corrected chi connectivity index (χ1v) is 11.8. The quantitative estimate of drug-likeness (QED) is 0.720. The van der Waals surface area contributed by atoms with E-state index in [4.69, 9.17) is 4.52 Å². The monoisotopic (exact) mass is 470 g/mol. The van der Waals surface area contributed by atoms with Gasteiger partial charge in [0.25, 0.3) is 0 Å². The molecule has 2 aromatic rings. The van der Waals surface area contributed by atoms with E-state index < -0.39 is 38.0 Å². The summed E-state index contributed by atoms with van der Waals surface area (Å²) >= 11 is 0. The molecule has 0 unspecified atom stereocenters. The molecule has 0 radical (unpaired) electrons. The summed E-state index contributed by atoms with van der Waals surface area (Å²) in [4.78, 5) is 16.5. The first-order chi connectivity index (χ1) is 14.7. The van der Waals surface area contributed by atoms with Crippen LogP contribution in [0.25, 0.3) is 0 Å². The van der Waals surface area contributed by atoms with Crippen LogP contribution in [0, 0.1) is 17.6 Å². The van der Waals surface area contributed by atoms with Crippen molar-refractivity contribution in [3.05, 3.63) is 41.5 Å². The van der Waals surface area contributed by atoms with Crippen molar-refractivity contribution in [3.8, 4) is 0 Å². The van der Waals surface area contributed by atoms with Gasteiger partial charge in [0.2, 0.25) is 21.8 Å². The molecular formula is C21H28F2N4O4S. The first kappa shape index (κ1) is 24.2. The molecule has 176 valence electrons. The Kier molecular flexibility index (Phi) is 6.45. The molecule has 1 amide bonds. The van der Waals surface area contributed by atoms with E-state index in [0.29, 0.717) is 17.8 Å². The number of hydrogen-bond acceptors (Lipinski definition) is 6. The molecule has 1 N–H and O–H groups in total. The van der Waals surface area contributed by atoms with Crippen LogP contribution in [0.1, 0.15) is 59.2 Å². The highest BCUT2D eigenvalue weighted by Gasteiger charge is 2.37. The lowest BCUT2D eigenvalue weighted by atomic mass is 9.94. The highest BCUT2D eigenvalue weighted by molar-refractivity contribution is 7.89. The van der Waals surface area contributed by atoms with E-state index >= 15 is 0 Å². The molecule has 0 bridgehead atoms. The van der Waals surface area contributed by atoms with Gasteiger partial charge in [0.15, 0.2) is 5.82 Å². The number of carbonyl (C=O) groups is 1. The Balaban J connectivity index is 1.65. The number of amides is 1. The molecule has 1 aliphatic rings. The smallest absolute Gasteiger partial charge is 0.246 e. The second-order valence-corrected chi connectivity index (χ2v) is 11.4. The van der Waals surface area contributed by atoms with Crippen molar-refractivity contribution in [2.24, 2.45) is 5.92 Å². The third-order valence-corrected chi connectivity index (χ3v) is 7.31. The lowest BCUT2D eigenvalue weighted by Crippen LogP contribution is -2.48. The van der Waals surface area contributed by atoms with Crippen LogP contribution < -0.4 is 5.32 Å². The average Bonchev–Trinajstić information content (AvgIpc) is 3.21. The Morgan fingerprint density at radius 1 is 1.16 bits per heavy atom. The minimum absolute atomic E-state index is 0.0210. The highest BCUT2D eigenvalue weighted by Crippen LogP contribution is 2.28. The van der Waals surface area contributed by atoms with Crippen molar-refractivity contribution < 1.29 is 26.5 Å². The van der Waals surface area contributed by atoms with Crippen LogP contribution in [-0.2, 0) is 25.8 Å². The van der Waals surface area contributed by atoms with Gasteiger partial charge in [-0.05, 0) is 44.9 Å². The van der Waals surface area contributed by atoms with E-state index in [1.54, 1.807) is 13.8 Å². The van der Waals surface area contributed by atoms with Gasteiger partial charge in [-0.1, -0.05) is 25.9 Å². The van der Waals surface area contributed by atoms with Crippen LogP contribution in [0.5, 0.6) is 0 Å². The second kappa shape index (κ2) is 8.51. The lowest BCUT2D eigenvalue weighted by molar-refractivity contribution is -0.128. The molecule has 32 heavy (non-hydrogen) atoms. The fourth-order valence-corrected chi connectivity index (χ4v) is 4.97. The molecule has 0 aliphatic carbocycles. The van der Waals surface area contributed by atoms with E-state index in [9.17, 15) is 22.0 Å². The van der Waals surface area contributed by atoms with Gasteiger partial charge in [0.1, 0.15) is 16.5 Å². The maximum absolute atomic E-state index is 14.0. The summed E-state index contributed by atoms with van der Waals surface area (Å²) < 4.78 is 59.3. The number of halogens is 2. The van der Waals surface area contributed by atoms with Crippen molar-refractivity contribution in [3.63, 3.8) is 0 Å². The molecule has 8 nitrogen and oxygen atoms in total. The fraction of sp³-hybridized carbons (Fsp3) is 0.571. The number of hydrogen-bond donors (Lipinski definition) is 1. The van der Waals surface area contributed by atoms with Gasteiger partial charge in [-0.2, -0.15) is 9.29 Å². The summed E-state index contributed by atoms with van der Waals surface area (Å²) in [5.74, 6) is -1.74. The zero-order chi connectivity index (χ0) is 23.9. The van der Waals surface area contributed by atoms with Crippen molar-refractivity contribution >= 4 is 15.9 Å². The lowest BCUT2D eigenvalue weighted by Gasteiger charge is -2.32. The molecule has 11 heteroatoms. The third kappa shape index (κ3) is 4.98. The molecular weight excluding hydrogens is 442 g/mol. The minimum Gasteiger partial charge on any atom is -0.344 e. The van der Waals surface area contributed by atoms with Crippen LogP contribution in [0.3, 0.4) is 0 Å². The first-order valence-electron chi connectivity index (χ1n) is 10.3. The molecule has 2 heterocycles. The Morgan fingerprint density at radius 2 is 1.78 bits per heavy atom. The third-order valence-electron chi connectivity index (χ3n) is 5.40. The van der Waals surface area contributed by atoms with E-state index in [2.05, 4.69) is 15.5 Å². The summed E-state index contributed by atoms with van der Waals surface area (Å²) in [7, 11) is -4.20. The highest BCUT2D eigenvalue weighted by atomic mass is 32.2. The van der Waals surface area contributed by atoms with Crippen molar-refractivity contribution in [1.82, 2.24) is 19.8 Å². The van der Waals surface area contributed by atoms with Crippen LogP contribution in [0.15, 0.2) is 27.6 Å². The number of sulfonamides is 1. The molecule has 1 fully saturated rings. The van der Waals surface area contributed by atoms with Crippen LogP contribution >= 0.6 is 0 Å². The topological polar surface area (TPSA) is 105 Å². The number of nitrogens with one attached hydrogen (secondary N) is 1. The van der Waals surface area contributed by atoms with Crippen LogP contribution in [0.4, 0.5) is 8.78 Å². The number of rotatable bonds is 5. The number of piperidine rings is 1. The van der Waals surface area contributed by atoms with Crippen LogP contribution in [0.2, 0.25) is 0 Å². The molecule has 1 saturated heterocycles. The average molecular weight is 471 g/mol. The minimum atomic E-state index is -4.20. The summed E-state index contributed by atoms with van der Waals surface area (Å²) in [6, 6.07) is 2.32. The molecule has 0 saturated carbocycles. The Bertz CT molecular complexity index is 1100. The molecule has 1 aliphatic heterocycles. The standard InChI is InChI=1S/C21H28F2N4O4S/c1-20(2,3)19-24-18(26-31-19)21(4,5)25-17(28)13-8-10-27(11-9-13)32(29,30)16-12-14(22)6-7-15(16)23/h6-7,12-13H,8-11H2,1-5H3,(H,25,28). The Morgan fingerprint density at radius 3 is 2.34 bits per heavy atom. The number of nitrogens with zero attached hydrogens (tertiary/aromatic N) is 3. The summed E-state index contributed by atoms with van der Waals surface area (Å²) in [6.07, 6.45) is 0.495. The summed E-state index contributed by atoms with van der Waals surface area (Å²) in [6.45, 7) is 9.37. The zero-order valence-corrected chi connectivity index (χ0v) is 19.6. The van der Waals surface area contributed by atoms with Gasteiger partial charge >= 0.3 is 0 Å². The Hall–Kier alpha value is -2.40. The molecule has 0 atom stereocenters. The van der Waals surface area contributed by atoms with Gasteiger partial charge in [0, 0.05) is 24.4 Å². The van der Waals surface area contributed by atoms with E-state index in [1.165, 1.54) is 0 Å². The van der Waals surface area contributed by atoms with E-state index in [1.807, 2.05) is 20.8 Å². The maximum Gasteiger partial charge on any atom is 0.246 e.